The first kappa shape index (κ1) is 24.2. The summed E-state index contributed by atoms with van der Waals surface area (Å²) >= 11 is 0. The van der Waals surface area contributed by atoms with Gasteiger partial charge in [0, 0.05) is 18.7 Å². The Morgan fingerprint density at radius 3 is 1.74 bits per heavy atom. The van der Waals surface area contributed by atoms with Gasteiger partial charge in [-0.15, -0.1) is 0 Å². The summed E-state index contributed by atoms with van der Waals surface area (Å²) in [6.45, 7) is 1.30. The number of aromatic nitrogens is 4. The van der Waals surface area contributed by atoms with E-state index in [-0.39, 0.29) is 16.9 Å². The van der Waals surface area contributed by atoms with Crippen LogP contribution in [-0.4, -0.2) is 30.9 Å². The number of nitrogen functional groups attached to an aromatic ring is 1. The average molecular weight is 455 g/mol. The van der Waals surface area contributed by atoms with E-state index in [0.717, 1.165) is 11.3 Å². The van der Waals surface area contributed by atoms with Crippen LogP contribution in [0.15, 0.2) is 97.2 Å². The molecule has 0 saturated carbocycles. The summed E-state index contributed by atoms with van der Waals surface area (Å²) in [6.07, 6.45) is 1.73. The van der Waals surface area contributed by atoms with E-state index in [1.165, 1.54) is 11.1 Å². The Kier molecular flexibility index (Phi) is 7.81. The zero-order valence-corrected chi connectivity index (χ0v) is 18.5. The Hall–Kier alpha value is -4.40. The summed E-state index contributed by atoms with van der Waals surface area (Å²) in [5.74, 6) is 0.853. The van der Waals surface area contributed by atoms with Gasteiger partial charge in [-0.2, -0.15) is 9.97 Å². The highest BCUT2D eigenvalue weighted by Gasteiger charge is 2.18. The van der Waals surface area contributed by atoms with Crippen LogP contribution in [0, 0.1) is 0 Å². The molecule has 2 heterocycles. The van der Waals surface area contributed by atoms with E-state index in [0.29, 0.717) is 30.1 Å². The zero-order chi connectivity index (χ0) is 21.8. The van der Waals surface area contributed by atoms with Crippen molar-refractivity contribution in [3.05, 3.63) is 108 Å². The molecule has 8 heteroatoms. The Morgan fingerprint density at radius 1 is 0.647 bits per heavy atom. The van der Waals surface area contributed by atoms with Gasteiger partial charge in [0.05, 0.1) is 11.9 Å². The van der Waals surface area contributed by atoms with Crippen molar-refractivity contribution in [2.45, 2.75) is 13.1 Å². The molecule has 0 aliphatic heterocycles. The van der Waals surface area contributed by atoms with Crippen LogP contribution >= 0.6 is 0 Å². The Labute approximate surface area is 197 Å². The van der Waals surface area contributed by atoms with Gasteiger partial charge in [0.15, 0.2) is 17.0 Å². The SMILES string of the molecule is Nc1nc(N(Cc2ccccc2)Cc2ccccc2)c2nc(-c3ccccc3)cnc2n1.O.O. The molecule has 0 unspecified atom stereocenters. The summed E-state index contributed by atoms with van der Waals surface area (Å²) < 4.78 is 0. The van der Waals surface area contributed by atoms with Crippen LogP contribution in [0.25, 0.3) is 22.4 Å². The van der Waals surface area contributed by atoms with Gasteiger partial charge < -0.3 is 21.6 Å². The Bertz CT molecular complexity index is 1290. The molecule has 5 rings (SSSR count). The van der Waals surface area contributed by atoms with Gasteiger partial charge >= 0.3 is 0 Å². The minimum atomic E-state index is 0. The van der Waals surface area contributed by atoms with E-state index in [9.17, 15) is 0 Å². The molecule has 2 aromatic heterocycles. The fourth-order valence-corrected chi connectivity index (χ4v) is 3.69. The van der Waals surface area contributed by atoms with E-state index in [2.05, 4.69) is 44.1 Å². The van der Waals surface area contributed by atoms with Crippen molar-refractivity contribution in [1.82, 2.24) is 19.9 Å². The van der Waals surface area contributed by atoms with E-state index in [1.54, 1.807) is 6.20 Å². The molecule has 0 fully saturated rings. The van der Waals surface area contributed by atoms with Crippen molar-refractivity contribution in [3.63, 3.8) is 0 Å². The van der Waals surface area contributed by atoms with Gasteiger partial charge in [0.25, 0.3) is 0 Å². The van der Waals surface area contributed by atoms with Gasteiger partial charge in [-0.05, 0) is 11.1 Å². The van der Waals surface area contributed by atoms with Crippen LogP contribution in [0.1, 0.15) is 11.1 Å². The fraction of sp³-hybridized carbons (Fsp3) is 0.0769. The molecule has 0 radical (unpaired) electrons. The minimum Gasteiger partial charge on any atom is -0.412 e. The molecule has 34 heavy (non-hydrogen) atoms. The molecule has 0 saturated heterocycles. The molecule has 0 aliphatic carbocycles. The molecule has 0 spiro atoms. The van der Waals surface area contributed by atoms with E-state index < -0.39 is 0 Å². The molecule has 0 amide bonds. The average Bonchev–Trinajstić information content (AvgIpc) is 2.85. The van der Waals surface area contributed by atoms with Crippen molar-refractivity contribution in [2.75, 3.05) is 10.6 Å². The Morgan fingerprint density at radius 2 is 1.18 bits per heavy atom. The molecular weight excluding hydrogens is 428 g/mol. The maximum Gasteiger partial charge on any atom is 0.224 e. The van der Waals surface area contributed by atoms with E-state index in [4.69, 9.17) is 10.7 Å². The van der Waals surface area contributed by atoms with Crippen LogP contribution in [-0.2, 0) is 13.1 Å². The monoisotopic (exact) mass is 454 g/mol. The smallest absolute Gasteiger partial charge is 0.224 e. The third-order valence-corrected chi connectivity index (χ3v) is 5.21. The van der Waals surface area contributed by atoms with Gasteiger partial charge in [0.1, 0.15) is 0 Å². The highest BCUT2D eigenvalue weighted by Crippen LogP contribution is 2.27. The number of benzene rings is 3. The number of nitrogens with two attached hydrogens (primary N) is 1. The second kappa shape index (κ2) is 11.0. The number of anilines is 2. The quantitative estimate of drug-likeness (QED) is 0.417. The maximum absolute atomic E-state index is 6.08. The second-order valence-corrected chi connectivity index (χ2v) is 7.53. The lowest BCUT2D eigenvalue weighted by molar-refractivity contribution is 0.785. The summed E-state index contributed by atoms with van der Waals surface area (Å²) in [5, 5.41) is 0. The van der Waals surface area contributed by atoms with E-state index >= 15 is 0 Å². The summed E-state index contributed by atoms with van der Waals surface area (Å²) in [6, 6.07) is 30.6. The fourth-order valence-electron chi connectivity index (χ4n) is 3.69. The predicted octanol–water partition coefficient (Wildman–Crippen LogP) is 3.23. The van der Waals surface area contributed by atoms with Crippen molar-refractivity contribution >= 4 is 22.9 Å². The third kappa shape index (κ3) is 5.32. The molecule has 5 aromatic rings. The van der Waals surface area contributed by atoms with Crippen LogP contribution in [0.4, 0.5) is 11.8 Å². The largest absolute Gasteiger partial charge is 0.412 e. The second-order valence-electron chi connectivity index (χ2n) is 7.53. The predicted molar refractivity (Wildman–Crippen MR) is 135 cm³/mol. The molecule has 6 N–H and O–H groups in total. The van der Waals surface area contributed by atoms with Gasteiger partial charge in [-0.3, -0.25) is 0 Å². The van der Waals surface area contributed by atoms with Crippen molar-refractivity contribution in [1.29, 1.82) is 0 Å². The first-order valence-corrected chi connectivity index (χ1v) is 10.4. The molecule has 8 nitrogen and oxygen atoms in total. The third-order valence-electron chi connectivity index (χ3n) is 5.21. The van der Waals surface area contributed by atoms with Crippen LogP contribution in [0.5, 0.6) is 0 Å². The Balaban J connectivity index is 0.00000162. The minimum absolute atomic E-state index is 0. The maximum atomic E-state index is 6.08. The standard InChI is InChI=1S/C26H22N6.2H2O/c27-26-30-24-23(29-22(16-28-24)21-14-8-3-9-15-21)25(31-26)32(17-19-10-4-1-5-11-19)18-20-12-6-2-7-13-20;;/h1-16H,17-18H2,(H2,27,28,30,31);2*1H2. The molecule has 3 aromatic carbocycles. The van der Waals surface area contributed by atoms with E-state index in [1.807, 2.05) is 66.7 Å². The number of hydrogen-bond donors (Lipinski definition) is 1. The molecule has 172 valence electrons. The topological polar surface area (TPSA) is 144 Å². The molecule has 0 aliphatic rings. The molecule has 0 bridgehead atoms. The normalized spacial score (nSPS) is 10.2. The van der Waals surface area contributed by atoms with Crippen molar-refractivity contribution < 1.29 is 11.0 Å². The van der Waals surface area contributed by atoms with Gasteiger partial charge in [0.2, 0.25) is 5.95 Å². The molecule has 0 atom stereocenters. The van der Waals surface area contributed by atoms with Gasteiger partial charge in [-0.1, -0.05) is 91.0 Å². The first-order chi connectivity index (χ1) is 15.8. The zero-order valence-electron chi connectivity index (χ0n) is 18.5. The van der Waals surface area contributed by atoms with Gasteiger partial charge in [-0.25, -0.2) is 9.97 Å². The highest BCUT2D eigenvalue weighted by molar-refractivity contribution is 5.85. The lowest BCUT2D eigenvalue weighted by Gasteiger charge is -2.25. The number of rotatable bonds is 6. The summed E-state index contributed by atoms with van der Waals surface area (Å²) in [4.78, 5) is 20.6. The molecular formula is C26H26N6O2. The lowest BCUT2D eigenvalue weighted by Crippen LogP contribution is -2.24. The lowest BCUT2D eigenvalue weighted by atomic mass is 10.1. The van der Waals surface area contributed by atoms with Crippen LogP contribution < -0.4 is 10.6 Å². The number of hydrogen-bond acceptors (Lipinski definition) is 6. The summed E-state index contributed by atoms with van der Waals surface area (Å²) in [5.41, 5.74) is 11.3. The van der Waals surface area contributed by atoms with Crippen LogP contribution in [0.3, 0.4) is 0 Å². The summed E-state index contributed by atoms with van der Waals surface area (Å²) in [7, 11) is 0. The number of fused-ring (bicyclic) bond motifs is 1. The van der Waals surface area contributed by atoms with Crippen molar-refractivity contribution in [3.8, 4) is 11.3 Å². The first-order valence-electron chi connectivity index (χ1n) is 10.4. The van der Waals surface area contributed by atoms with Crippen molar-refractivity contribution in [2.24, 2.45) is 0 Å². The highest BCUT2D eigenvalue weighted by atomic mass is 16.0. The number of nitrogens with zero attached hydrogens (tertiary/aromatic N) is 5. The van der Waals surface area contributed by atoms with Crippen LogP contribution in [0.2, 0.25) is 0 Å².